The first kappa shape index (κ1) is 12.4. The summed E-state index contributed by atoms with van der Waals surface area (Å²) in [4.78, 5) is 2.65. The summed E-state index contributed by atoms with van der Waals surface area (Å²) in [7, 11) is 0. The monoisotopic (exact) mass is 223 g/mol. The molecule has 1 unspecified atom stereocenters. The molecule has 1 saturated carbocycles. The zero-order chi connectivity index (χ0) is 11.8. The van der Waals surface area contributed by atoms with E-state index in [9.17, 15) is 0 Å². The third kappa shape index (κ3) is 2.45. The van der Waals surface area contributed by atoms with E-state index in [1.165, 1.54) is 45.2 Å². The van der Waals surface area contributed by atoms with E-state index in [-0.39, 0.29) is 0 Å². The van der Waals surface area contributed by atoms with Crippen molar-refractivity contribution in [3.63, 3.8) is 0 Å². The smallest absolute Gasteiger partial charge is 0.00532 e. The fraction of sp³-hybridized carbons (Fsp3) is 1.00. The van der Waals surface area contributed by atoms with Gasteiger partial charge in [-0.3, -0.25) is 4.90 Å². The molecule has 94 valence electrons. The van der Waals surface area contributed by atoms with Gasteiger partial charge in [-0.25, -0.2) is 0 Å². The minimum atomic E-state index is 0.730. The maximum absolute atomic E-state index is 2.65. The maximum atomic E-state index is 2.65. The second-order valence-electron chi connectivity index (χ2n) is 6.93. The highest BCUT2D eigenvalue weighted by atomic mass is 15.2. The summed E-state index contributed by atoms with van der Waals surface area (Å²) in [5.41, 5.74) is 0.730. The van der Waals surface area contributed by atoms with E-state index in [0.717, 1.165) is 23.3 Å². The Kier molecular flexibility index (Phi) is 3.63. The Hall–Kier alpha value is -0.0400. The SMILES string of the molecule is CC(C)C1CCCC2(CC1)CN(C(C)C)C2. The van der Waals surface area contributed by atoms with Crippen LogP contribution in [-0.2, 0) is 0 Å². The lowest BCUT2D eigenvalue weighted by molar-refractivity contribution is -0.0333. The summed E-state index contributed by atoms with van der Waals surface area (Å²) >= 11 is 0. The third-order valence-electron chi connectivity index (χ3n) is 5.08. The minimum Gasteiger partial charge on any atom is -0.300 e. The normalized spacial score (nSPS) is 30.8. The molecular formula is C15H29N. The standard InChI is InChI=1S/C15H29N/c1-12(2)14-6-5-8-15(9-7-14)10-16(11-15)13(3)4/h12-14H,5-11H2,1-4H3. The van der Waals surface area contributed by atoms with Gasteiger partial charge in [-0.2, -0.15) is 0 Å². The second-order valence-corrected chi connectivity index (χ2v) is 6.93. The summed E-state index contributed by atoms with van der Waals surface area (Å²) < 4.78 is 0. The van der Waals surface area contributed by atoms with Crippen LogP contribution in [0.1, 0.15) is 59.8 Å². The molecule has 1 spiro atoms. The number of hydrogen-bond acceptors (Lipinski definition) is 1. The van der Waals surface area contributed by atoms with Crippen molar-refractivity contribution in [2.75, 3.05) is 13.1 Å². The topological polar surface area (TPSA) is 3.24 Å². The third-order valence-corrected chi connectivity index (χ3v) is 5.08. The summed E-state index contributed by atoms with van der Waals surface area (Å²) in [5, 5.41) is 0. The predicted molar refractivity (Wildman–Crippen MR) is 70.6 cm³/mol. The van der Waals surface area contributed by atoms with Crippen molar-refractivity contribution in [2.45, 2.75) is 65.8 Å². The molecule has 16 heavy (non-hydrogen) atoms. The van der Waals surface area contributed by atoms with Crippen molar-refractivity contribution in [1.82, 2.24) is 4.90 Å². The van der Waals surface area contributed by atoms with Gasteiger partial charge >= 0.3 is 0 Å². The molecule has 0 N–H and O–H groups in total. The molecule has 0 bridgehead atoms. The van der Waals surface area contributed by atoms with Crippen LogP contribution in [0.5, 0.6) is 0 Å². The summed E-state index contributed by atoms with van der Waals surface area (Å²) in [6.07, 6.45) is 7.46. The molecule has 0 amide bonds. The highest BCUT2D eigenvalue weighted by Crippen LogP contribution is 2.45. The van der Waals surface area contributed by atoms with Gasteiger partial charge in [-0.05, 0) is 50.4 Å². The summed E-state index contributed by atoms with van der Waals surface area (Å²) in [6.45, 7) is 12.2. The van der Waals surface area contributed by atoms with Gasteiger partial charge in [0.25, 0.3) is 0 Å². The van der Waals surface area contributed by atoms with Crippen LogP contribution in [0, 0.1) is 17.3 Å². The van der Waals surface area contributed by atoms with Crippen LogP contribution in [0.15, 0.2) is 0 Å². The summed E-state index contributed by atoms with van der Waals surface area (Å²) in [5.74, 6) is 1.91. The molecule has 0 radical (unpaired) electrons. The van der Waals surface area contributed by atoms with E-state index >= 15 is 0 Å². The highest BCUT2D eigenvalue weighted by Gasteiger charge is 2.44. The van der Waals surface area contributed by atoms with E-state index in [0.29, 0.717) is 0 Å². The molecule has 1 heteroatoms. The average Bonchev–Trinajstić information content (AvgIpc) is 2.36. The Bertz CT molecular complexity index is 226. The van der Waals surface area contributed by atoms with Gasteiger partial charge in [0.15, 0.2) is 0 Å². The lowest BCUT2D eigenvalue weighted by Crippen LogP contribution is -2.58. The first-order valence-electron chi connectivity index (χ1n) is 7.26. The van der Waals surface area contributed by atoms with Crippen LogP contribution < -0.4 is 0 Å². The lowest BCUT2D eigenvalue weighted by atomic mass is 9.72. The molecule has 2 fully saturated rings. The number of hydrogen-bond donors (Lipinski definition) is 0. The van der Waals surface area contributed by atoms with Gasteiger partial charge in [-0.1, -0.05) is 26.7 Å². The molecule has 1 saturated heterocycles. The first-order valence-corrected chi connectivity index (χ1v) is 7.26. The predicted octanol–water partition coefficient (Wildman–Crippen LogP) is 3.93. The van der Waals surface area contributed by atoms with Crippen molar-refractivity contribution in [2.24, 2.45) is 17.3 Å². The van der Waals surface area contributed by atoms with Gasteiger partial charge in [-0.15, -0.1) is 0 Å². The van der Waals surface area contributed by atoms with E-state index < -0.39 is 0 Å². The van der Waals surface area contributed by atoms with Crippen molar-refractivity contribution < 1.29 is 0 Å². The second kappa shape index (κ2) is 4.68. The molecule has 0 aromatic carbocycles. The van der Waals surface area contributed by atoms with Crippen LogP contribution in [0.4, 0.5) is 0 Å². The molecule has 1 nitrogen and oxygen atoms in total. The molecule has 1 aliphatic carbocycles. The molecule has 1 atom stereocenters. The Labute approximate surface area is 102 Å². The summed E-state index contributed by atoms with van der Waals surface area (Å²) in [6, 6.07) is 0.759. The van der Waals surface area contributed by atoms with Crippen molar-refractivity contribution in [1.29, 1.82) is 0 Å². The van der Waals surface area contributed by atoms with Gasteiger partial charge in [0.1, 0.15) is 0 Å². The molecule has 1 heterocycles. The Morgan fingerprint density at radius 3 is 2.25 bits per heavy atom. The Morgan fingerprint density at radius 2 is 1.69 bits per heavy atom. The zero-order valence-electron chi connectivity index (χ0n) is 11.6. The highest BCUT2D eigenvalue weighted by molar-refractivity contribution is 4.97. The van der Waals surface area contributed by atoms with Crippen molar-refractivity contribution in [3.8, 4) is 0 Å². The fourth-order valence-corrected chi connectivity index (χ4v) is 3.66. The molecule has 1 aliphatic heterocycles. The van der Waals surface area contributed by atoms with E-state index in [1.807, 2.05) is 0 Å². The van der Waals surface area contributed by atoms with Crippen molar-refractivity contribution in [3.05, 3.63) is 0 Å². The molecule has 0 aromatic rings. The quantitative estimate of drug-likeness (QED) is 0.685. The van der Waals surface area contributed by atoms with Gasteiger partial charge in [0, 0.05) is 19.1 Å². The van der Waals surface area contributed by atoms with Gasteiger partial charge in [0.05, 0.1) is 0 Å². The van der Waals surface area contributed by atoms with Crippen LogP contribution in [-0.4, -0.2) is 24.0 Å². The Morgan fingerprint density at radius 1 is 1.00 bits per heavy atom. The maximum Gasteiger partial charge on any atom is 0.00532 e. The van der Waals surface area contributed by atoms with Crippen LogP contribution in [0.2, 0.25) is 0 Å². The molecule has 0 aromatic heterocycles. The average molecular weight is 223 g/mol. The molecule has 2 aliphatic rings. The number of likely N-dealkylation sites (tertiary alicyclic amines) is 1. The van der Waals surface area contributed by atoms with Crippen LogP contribution in [0.3, 0.4) is 0 Å². The first-order chi connectivity index (χ1) is 7.52. The van der Waals surface area contributed by atoms with E-state index in [4.69, 9.17) is 0 Å². The molecular weight excluding hydrogens is 194 g/mol. The lowest BCUT2D eigenvalue weighted by Gasteiger charge is -2.52. The van der Waals surface area contributed by atoms with Crippen molar-refractivity contribution >= 4 is 0 Å². The number of nitrogens with zero attached hydrogens (tertiary/aromatic N) is 1. The van der Waals surface area contributed by atoms with Gasteiger partial charge < -0.3 is 0 Å². The molecule has 2 rings (SSSR count). The Balaban J connectivity index is 1.86. The van der Waals surface area contributed by atoms with Crippen LogP contribution in [0.25, 0.3) is 0 Å². The van der Waals surface area contributed by atoms with Crippen LogP contribution >= 0.6 is 0 Å². The minimum absolute atomic E-state index is 0.730. The number of rotatable bonds is 2. The fourth-order valence-electron chi connectivity index (χ4n) is 3.66. The van der Waals surface area contributed by atoms with E-state index in [1.54, 1.807) is 0 Å². The van der Waals surface area contributed by atoms with Gasteiger partial charge in [0.2, 0.25) is 0 Å². The largest absolute Gasteiger partial charge is 0.300 e. The van der Waals surface area contributed by atoms with E-state index in [2.05, 4.69) is 32.6 Å². The zero-order valence-corrected chi connectivity index (χ0v) is 11.6.